The molecule has 0 aliphatic carbocycles. The molecule has 1 atom stereocenters. The second-order valence-electron chi connectivity index (χ2n) is 15.0. The van der Waals surface area contributed by atoms with E-state index in [4.69, 9.17) is 25.7 Å². The predicted molar refractivity (Wildman–Crippen MR) is 197 cm³/mol. The van der Waals surface area contributed by atoms with Crippen LogP contribution in [0.4, 0.5) is 0 Å². The molecule has 3 aromatic heterocycles. The highest BCUT2D eigenvalue weighted by Crippen LogP contribution is 2.41. The van der Waals surface area contributed by atoms with Crippen molar-refractivity contribution < 1.29 is 14.0 Å². The van der Waals surface area contributed by atoms with Gasteiger partial charge in [-0.15, -0.1) is 0 Å². The summed E-state index contributed by atoms with van der Waals surface area (Å²) in [5, 5.41) is 1.54. The van der Waals surface area contributed by atoms with E-state index in [-0.39, 0.29) is 17.6 Å². The molecule has 248 valence electrons. The molecular formula is C37H47ClN4O3Si2. The van der Waals surface area contributed by atoms with Crippen molar-refractivity contribution in [2.45, 2.75) is 84.0 Å². The lowest BCUT2D eigenvalue weighted by atomic mass is 10.1. The smallest absolute Gasteiger partial charge is 0.230 e. The molecule has 0 radical (unpaired) electrons. The van der Waals surface area contributed by atoms with E-state index in [2.05, 4.69) is 63.1 Å². The summed E-state index contributed by atoms with van der Waals surface area (Å²) in [4.78, 5) is 24.0. The number of fused-ring (bicyclic) bond motifs is 1. The molecule has 0 saturated heterocycles. The Labute approximate surface area is 286 Å². The lowest BCUT2D eigenvalue weighted by Crippen LogP contribution is -2.42. The van der Waals surface area contributed by atoms with E-state index in [0.29, 0.717) is 35.3 Å². The van der Waals surface area contributed by atoms with Crippen molar-refractivity contribution in [1.82, 2.24) is 19.1 Å². The summed E-state index contributed by atoms with van der Waals surface area (Å²) in [6.07, 6.45) is 6.97. The van der Waals surface area contributed by atoms with E-state index < -0.39 is 22.5 Å². The first-order chi connectivity index (χ1) is 22.1. The number of carbonyl (C=O) groups excluding carboxylic acids is 1. The zero-order chi connectivity index (χ0) is 34.0. The van der Waals surface area contributed by atoms with E-state index in [0.717, 1.165) is 28.1 Å². The van der Waals surface area contributed by atoms with Crippen molar-refractivity contribution in [2.24, 2.45) is 0 Å². The van der Waals surface area contributed by atoms with Gasteiger partial charge in [0.05, 0.1) is 11.3 Å². The highest BCUT2D eigenvalue weighted by Gasteiger charge is 2.41. The minimum atomic E-state index is -2.26. The number of ketones is 1. The van der Waals surface area contributed by atoms with Crippen LogP contribution in [0.1, 0.15) is 59.9 Å². The molecule has 0 spiro atoms. The fourth-order valence-corrected chi connectivity index (χ4v) is 7.23. The van der Waals surface area contributed by atoms with Crippen LogP contribution in [-0.4, -0.2) is 47.9 Å². The summed E-state index contributed by atoms with van der Waals surface area (Å²) in [5.74, 6) is 0.170. The zero-order valence-corrected chi connectivity index (χ0v) is 31.6. The number of benzene rings is 2. The van der Waals surface area contributed by atoms with Gasteiger partial charge in [0.15, 0.2) is 14.1 Å². The quantitative estimate of drug-likeness (QED) is 0.0701. The number of nitrogens with zero attached hydrogens (tertiary/aromatic N) is 4. The average Bonchev–Trinajstić information content (AvgIpc) is 3.60. The van der Waals surface area contributed by atoms with Gasteiger partial charge in [-0.2, -0.15) is 0 Å². The third-order valence-corrected chi connectivity index (χ3v) is 15.4. The van der Waals surface area contributed by atoms with Gasteiger partial charge in [-0.3, -0.25) is 9.78 Å². The van der Waals surface area contributed by atoms with Crippen molar-refractivity contribution in [1.29, 1.82) is 0 Å². The Bertz CT molecular complexity index is 1820. The molecule has 5 rings (SSSR count). The Kier molecular flexibility index (Phi) is 10.4. The Morgan fingerprint density at radius 2 is 1.66 bits per heavy atom. The Morgan fingerprint density at radius 1 is 0.936 bits per heavy atom. The maximum Gasteiger partial charge on any atom is 0.230 e. The Balaban J connectivity index is 1.58. The SMILES string of the molecule is CC(C)(C)[Si](C)(C)OC(c1cccnc1)c1cn(COCC[Si](C)(C)C)c(C(=O)c2cn(Cc3ccc(Cl)cc3)c3ccccc23)n1. The number of halogens is 1. The van der Waals surface area contributed by atoms with Gasteiger partial charge in [0, 0.05) is 67.5 Å². The lowest BCUT2D eigenvalue weighted by Gasteiger charge is -2.39. The predicted octanol–water partition coefficient (Wildman–Crippen LogP) is 9.59. The van der Waals surface area contributed by atoms with Gasteiger partial charge < -0.3 is 18.3 Å². The summed E-state index contributed by atoms with van der Waals surface area (Å²) >= 11 is 6.15. The monoisotopic (exact) mass is 686 g/mol. The van der Waals surface area contributed by atoms with Crippen LogP contribution in [0, 0.1) is 0 Å². The number of pyridine rings is 1. The first-order valence-electron chi connectivity index (χ1n) is 16.2. The maximum atomic E-state index is 14.6. The van der Waals surface area contributed by atoms with Gasteiger partial charge >= 0.3 is 0 Å². The molecule has 10 heteroatoms. The summed E-state index contributed by atoms with van der Waals surface area (Å²) in [7, 11) is -3.56. The van der Waals surface area contributed by atoms with Gasteiger partial charge in [-0.05, 0) is 54.0 Å². The number of ether oxygens (including phenoxy) is 1. The molecule has 0 aliphatic heterocycles. The largest absolute Gasteiger partial charge is 0.404 e. The highest BCUT2D eigenvalue weighted by atomic mass is 35.5. The van der Waals surface area contributed by atoms with Crippen molar-refractivity contribution >= 4 is 44.7 Å². The van der Waals surface area contributed by atoms with Crippen molar-refractivity contribution in [3.8, 4) is 0 Å². The number of carbonyl (C=O) groups is 1. The Hall–Kier alpha value is -3.35. The normalized spacial score (nSPS) is 13.3. The highest BCUT2D eigenvalue weighted by molar-refractivity contribution is 6.76. The topological polar surface area (TPSA) is 71.2 Å². The standard InChI is InChI=1S/C37H47ClN4O3Si2/c1-37(2,3)47(7,8)45-35(28-12-11-19-39-22-28)32-25-42(26-44-20-21-46(4,5)6)36(40-32)34(43)31-24-41(33-14-10-9-13-30(31)33)23-27-15-17-29(38)18-16-27/h9-19,22,24-25,35H,20-21,23,26H2,1-8H3. The molecule has 0 amide bonds. The van der Waals surface area contributed by atoms with Crippen LogP contribution < -0.4 is 0 Å². The van der Waals surface area contributed by atoms with E-state index in [1.165, 1.54) is 0 Å². The average molecular weight is 687 g/mol. The molecular weight excluding hydrogens is 640 g/mol. The second-order valence-corrected chi connectivity index (χ2v) is 25.8. The van der Waals surface area contributed by atoms with Crippen LogP contribution in [0.3, 0.4) is 0 Å². The third kappa shape index (κ3) is 8.39. The van der Waals surface area contributed by atoms with E-state index in [9.17, 15) is 4.79 Å². The summed E-state index contributed by atoms with van der Waals surface area (Å²) < 4.78 is 17.2. The summed E-state index contributed by atoms with van der Waals surface area (Å²) in [6, 6.07) is 20.8. The minimum absolute atomic E-state index is 0.0272. The van der Waals surface area contributed by atoms with Crippen LogP contribution in [0.25, 0.3) is 10.9 Å². The summed E-state index contributed by atoms with van der Waals surface area (Å²) in [6.45, 7) is 19.6. The van der Waals surface area contributed by atoms with Crippen LogP contribution in [0.15, 0.2) is 85.5 Å². The van der Waals surface area contributed by atoms with Crippen LogP contribution >= 0.6 is 11.6 Å². The van der Waals surface area contributed by atoms with Crippen LogP contribution in [0.5, 0.6) is 0 Å². The van der Waals surface area contributed by atoms with Gasteiger partial charge in [0.2, 0.25) is 5.78 Å². The first kappa shape index (κ1) is 35.0. The first-order valence-corrected chi connectivity index (χ1v) is 23.2. The van der Waals surface area contributed by atoms with Crippen LogP contribution in [0.2, 0.25) is 48.8 Å². The number of hydrogen-bond acceptors (Lipinski definition) is 5. The molecule has 3 heterocycles. The van der Waals surface area contributed by atoms with Gasteiger partial charge in [0.25, 0.3) is 0 Å². The molecule has 7 nitrogen and oxygen atoms in total. The summed E-state index contributed by atoms with van der Waals surface area (Å²) in [5.41, 5.74) is 4.24. The maximum absolute atomic E-state index is 14.6. The fraction of sp³-hybridized carbons (Fsp3) is 0.378. The van der Waals surface area contributed by atoms with E-state index >= 15 is 0 Å². The number of imidazole rings is 1. The molecule has 5 aromatic rings. The Morgan fingerprint density at radius 3 is 2.32 bits per heavy atom. The number of aromatic nitrogens is 4. The third-order valence-electron chi connectivity index (χ3n) is 9.00. The molecule has 0 bridgehead atoms. The molecule has 0 fully saturated rings. The minimum Gasteiger partial charge on any atom is -0.404 e. The van der Waals surface area contributed by atoms with E-state index in [1.54, 1.807) is 6.20 Å². The molecule has 47 heavy (non-hydrogen) atoms. The number of hydrogen-bond donors (Lipinski definition) is 0. The van der Waals surface area contributed by atoms with Crippen molar-refractivity contribution in [3.05, 3.63) is 119 Å². The van der Waals surface area contributed by atoms with Gasteiger partial charge in [0.1, 0.15) is 12.8 Å². The van der Waals surface area contributed by atoms with E-state index in [1.807, 2.05) is 83.8 Å². The number of rotatable bonds is 13. The lowest BCUT2D eigenvalue weighted by molar-refractivity contribution is 0.0812. The van der Waals surface area contributed by atoms with Gasteiger partial charge in [-0.1, -0.05) is 88.4 Å². The molecule has 2 aromatic carbocycles. The van der Waals surface area contributed by atoms with Crippen molar-refractivity contribution in [3.63, 3.8) is 0 Å². The fourth-order valence-electron chi connectivity index (χ4n) is 5.15. The van der Waals surface area contributed by atoms with Crippen molar-refractivity contribution in [2.75, 3.05) is 6.61 Å². The molecule has 0 aliphatic rings. The molecule has 1 unspecified atom stereocenters. The molecule has 0 saturated carbocycles. The molecule has 0 N–H and O–H groups in total. The second kappa shape index (κ2) is 14.0. The zero-order valence-electron chi connectivity index (χ0n) is 28.9. The number of para-hydroxylation sites is 1. The van der Waals surface area contributed by atoms with Crippen LogP contribution in [-0.2, 0) is 22.4 Å². The van der Waals surface area contributed by atoms with Gasteiger partial charge in [-0.25, -0.2) is 4.98 Å².